The van der Waals surface area contributed by atoms with Crippen molar-refractivity contribution in [3.8, 4) is 0 Å². The number of hydrogen-bond donors (Lipinski definition) is 0. The minimum Gasteiger partial charge on any atom is -0.370 e. The molecule has 5 heteroatoms. The van der Waals surface area contributed by atoms with Crippen LogP contribution in [0.3, 0.4) is 0 Å². The molecule has 0 saturated carbocycles. The number of ether oxygens (including phenoxy) is 1. The molecule has 0 N–H and O–H groups in total. The lowest BCUT2D eigenvalue weighted by molar-refractivity contribution is 0.0189. The number of thiophene rings is 1. The first-order valence-electron chi connectivity index (χ1n) is 4.79. The van der Waals surface area contributed by atoms with Gasteiger partial charge >= 0.3 is 0 Å². The van der Waals surface area contributed by atoms with E-state index < -0.39 is 0 Å². The summed E-state index contributed by atoms with van der Waals surface area (Å²) in [6.07, 6.45) is 2.79. The summed E-state index contributed by atoms with van der Waals surface area (Å²) in [5.41, 5.74) is 0. The van der Waals surface area contributed by atoms with Crippen LogP contribution in [0.5, 0.6) is 0 Å². The summed E-state index contributed by atoms with van der Waals surface area (Å²) in [5.74, 6) is 0.117. The smallest absolute Gasteiger partial charge is 0.201 e. The summed E-state index contributed by atoms with van der Waals surface area (Å²) in [4.78, 5) is 12.8. The lowest BCUT2D eigenvalue weighted by Gasteiger charge is -2.20. The minimum atomic E-state index is -0.226. The molecule has 1 aliphatic heterocycles. The van der Waals surface area contributed by atoms with Gasteiger partial charge in [-0.2, -0.15) is 0 Å². The standard InChI is InChI=1S/C10H10Br2O2S/c11-6-5-8(15-10(6)12)9(13)7-3-1-2-4-14-7/h5,7H,1-4H2. The molecule has 1 aromatic rings. The molecule has 1 aromatic heterocycles. The Morgan fingerprint density at radius 1 is 1.47 bits per heavy atom. The van der Waals surface area contributed by atoms with Crippen LogP contribution in [0.4, 0.5) is 0 Å². The molecule has 1 aliphatic rings. The number of halogens is 2. The number of carbonyl (C=O) groups is 1. The van der Waals surface area contributed by atoms with Crippen LogP contribution in [-0.2, 0) is 4.74 Å². The summed E-state index contributed by atoms with van der Waals surface area (Å²) < 4.78 is 7.37. The van der Waals surface area contributed by atoms with E-state index >= 15 is 0 Å². The van der Waals surface area contributed by atoms with Gasteiger partial charge in [-0.1, -0.05) is 0 Å². The third kappa shape index (κ3) is 2.70. The predicted molar refractivity (Wildman–Crippen MR) is 67.6 cm³/mol. The third-order valence-corrected chi connectivity index (χ3v) is 5.63. The van der Waals surface area contributed by atoms with E-state index in [2.05, 4.69) is 31.9 Å². The largest absolute Gasteiger partial charge is 0.370 e. The van der Waals surface area contributed by atoms with Gasteiger partial charge in [0.2, 0.25) is 5.78 Å². The number of Topliss-reactive ketones (excluding diaryl/α,β-unsaturated/α-hetero) is 1. The number of ketones is 1. The first-order valence-corrected chi connectivity index (χ1v) is 7.19. The highest BCUT2D eigenvalue weighted by Gasteiger charge is 2.25. The van der Waals surface area contributed by atoms with Gasteiger partial charge < -0.3 is 4.74 Å². The first kappa shape index (κ1) is 11.8. The molecule has 0 spiro atoms. The van der Waals surface area contributed by atoms with Crippen molar-refractivity contribution >= 4 is 49.0 Å². The molecule has 1 unspecified atom stereocenters. The molecule has 0 amide bonds. The zero-order valence-corrected chi connectivity index (χ0v) is 12.0. The predicted octanol–water partition coefficient (Wildman–Crippen LogP) is 4.02. The lowest BCUT2D eigenvalue weighted by atomic mass is 10.0. The van der Waals surface area contributed by atoms with E-state index in [9.17, 15) is 4.79 Å². The second kappa shape index (κ2) is 5.08. The molecule has 0 radical (unpaired) electrons. The molecule has 2 nitrogen and oxygen atoms in total. The molecular weight excluding hydrogens is 344 g/mol. The minimum absolute atomic E-state index is 0.117. The molecule has 2 heterocycles. The second-order valence-electron chi connectivity index (χ2n) is 3.45. The topological polar surface area (TPSA) is 26.3 Å². The SMILES string of the molecule is O=C(c1cc(Br)c(Br)s1)C1CCCCO1. The van der Waals surface area contributed by atoms with E-state index in [1.54, 1.807) is 0 Å². The lowest BCUT2D eigenvalue weighted by Crippen LogP contribution is -2.27. The van der Waals surface area contributed by atoms with Gasteiger partial charge in [-0.05, 0) is 57.2 Å². The summed E-state index contributed by atoms with van der Waals surface area (Å²) in [5, 5.41) is 0. The van der Waals surface area contributed by atoms with Crippen molar-refractivity contribution in [2.75, 3.05) is 6.61 Å². The van der Waals surface area contributed by atoms with Gasteiger partial charge in [-0.3, -0.25) is 4.79 Å². The normalized spacial score (nSPS) is 21.6. The van der Waals surface area contributed by atoms with Crippen LogP contribution in [0.1, 0.15) is 28.9 Å². The number of rotatable bonds is 2. The summed E-state index contributed by atoms with van der Waals surface area (Å²) in [6, 6.07) is 1.86. The van der Waals surface area contributed by atoms with Crippen LogP contribution in [0, 0.1) is 0 Å². The van der Waals surface area contributed by atoms with Crippen molar-refractivity contribution in [2.45, 2.75) is 25.4 Å². The van der Waals surface area contributed by atoms with Crippen LogP contribution in [0.25, 0.3) is 0 Å². The van der Waals surface area contributed by atoms with Crippen molar-refractivity contribution in [1.29, 1.82) is 0 Å². The highest BCUT2D eigenvalue weighted by atomic mass is 79.9. The van der Waals surface area contributed by atoms with Crippen LogP contribution in [0.2, 0.25) is 0 Å². The number of carbonyl (C=O) groups excluding carboxylic acids is 1. The van der Waals surface area contributed by atoms with Gasteiger partial charge in [-0.15, -0.1) is 11.3 Å². The zero-order chi connectivity index (χ0) is 10.8. The van der Waals surface area contributed by atoms with Gasteiger partial charge in [0.25, 0.3) is 0 Å². The van der Waals surface area contributed by atoms with E-state index in [0.717, 1.165) is 32.4 Å². The van der Waals surface area contributed by atoms with Gasteiger partial charge in [0.1, 0.15) is 6.10 Å². The van der Waals surface area contributed by atoms with Crippen molar-refractivity contribution in [2.24, 2.45) is 0 Å². The molecule has 82 valence electrons. The van der Waals surface area contributed by atoms with Crippen molar-refractivity contribution < 1.29 is 9.53 Å². The molecule has 0 aromatic carbocycles. The van der Waals surface area contributed by atoms with Gasteiger partial charge in [-0.25, -0.2) is 0 Å². The molecule has 0 aliphatic carbocycles. The second-order valence-corrected chi connectivity index (χ2v) is 6.68. The average Bonchev–Trinajstić information content (AvgIpc) is 2.59. The average molecular weight is 354 g/mol. The maximum Gasteiger partial charge on any atom is 0.201 e. The van der Waals surface area contributed by atoms with Crippen LogP contribution in [-0.4, -0.2) is 18.5 Å². The van der Waals surface area contributed by atoms with Crippen molar-refractivity contribution in [3.63, 3.8) is 0 Å². The molecule has 15 heavy (non-hydrogen) atoms. The van der Waals surface area contributed by atoms with Gasteiger partial charge in [0.15, 0.2) is 0 Å². The van der Waals surface area contributed by atoms with Crippen LogP contribution >= 0.6 is 43.2 Å². The monoisotopic (exact) mass is 352 g/mol. The molecular formula is C10H10Br2O2S. The Morgan fingerprint density at radius 3 is 2.80 bits per heavy atom. The Morgan fingerprint density at radius 2 is 2.27 bits per heavy atom. The first-order chi connectivity index (χ1) is 7.18. The third-order valence-electron chi connectivity index (χ3n) is 2.36. The van der Waals surface area contributed by atoms with Crippen molar-refractivity contribution in [1.82, 2.24) is 0 Å². The Balaban J connectivity index is 2.12. The molecule has 0 bridgehead atoms. The molecule has 1 atom stereocenters. The van der Waals surface area contributed by atoms with E-state index in [1.807, 2.05) is 6.07 Å². The molecule has 2 rings (SSSR count). The van der Waals surface area contributed by atoms with E-state index in [0.29, 0.717) is 6.61 Å². The van der Waals surface area contributed by atoms with E-state index in [1.165, 1.54) is 11.3 Å². The Bertz CT molecular complexity index is 350. The maximum absolute atomic E-state index is 12.0. The van der Waals surface area contributed by atoms with Crippen LogP contribution in [0.15, 0.2) is 14.3 Å². The quantitative estimate of drug-likeness (QED) is 0.750. The van der Waals surface area contributed by atoms with E-state index in [4.69, 9.17) is 4.74 Å². The highest BCUT2D eigenvalue weighted by molar-refractivity contribution is 9.13. The summed E-state index contributed by atoms with van der Waals surface area (Å²) in [7, 11) is 0. The fourth-order valence-electron chi connectivity index (χ4n) is 1.57. The zero-order valence-electron chi connectivity index (χ0n) is 7.96. The van der Waals surface area contributed by atoms with E-state index in [-0.39, 0.29) is 11.9 Å². The summed E-state index contributed by atoms with van der Waals surface area (Å²) >= 11 is 8.22. The Kier molecular flexibility index (Phi) is 3.98. The van der Waals surface area contributed by atoms with Gasteiger partial charge in [0.05, 0.1) is 8.66 Å². The fraction of sp³-hybridized carbons (Fsp3) is 0.500. The van der Waals surface area contributed by atoms with Crippen molar-refractivity contribution in [3.05, 3.63) is 19.2 Å². The summed E-state index contributed by atoms with van der Waals surface area (Å²) in [6.45, 7) is 0.712. The molecule has 1 saturated heterocycles. The molecule has 1 fully saturated rings. The number of hydrogen-bond acceptors (Lipinski definition) is 3. The van der Waals surface area contributed by atoms with Gasteiger partial charge in [0, 0.05) is 11.1 Å². The highest BCUT2D eigenvalue weighted by Crippen LogP contribution is 2.33. The van der Waals surface area contributed by atoms with Crippen LogP contribution < -0.4 is 0 Å². The maximum atomic E-state index is 12.0. The Hall–Kier alpha value is 0.290. The Labute approximate surface area is 109 Å². The fourth-order valence-corrected chi connectivity index (χ4v) is 3.59.